The first kappa shape index (κ1) is 12.1. The molecule has 3 aliphatic heterocycles. The Morgan fingerprint density at radius 1 is 1.25 bits per heavy atom. The van der Waals surface area contributed by atoms with E-state index in [-0.39, 0.29) is 0 Å². The summed E-state index contributed by atoms with van der Waals surface area (Å²) in [5.74, 6) is 0.367. The van der Waals surface area contributed by atoms with Gasteiger partial charge in [0.05, 0.1) is 5.36 Å². The standard InChI is InChI=1S/C16H19N3O/c20-16-11(4-8-19-6-1-2-7-19)9-13-14-12(3-5-17-13)10-18-15(14)16/h9-10,20H,1-8H2. The summed E-state index contributed by atoms with van der Waals surface area (Å²) in [5.41, 5.74) is 2.97. The minimum absolute atomic E-state index is 0.367. The van der Waals surface area contributed by atoms with Gasteiger partial charge < -0.3 is 10.0 Å². The van der Waals surface area contributed by atoms with Gasteiger partial charge in [0.2, 0.25) is 0 Å². The number of aliphatic imine (C=N–C) groups is 1. The van der Waals surface area contributed by atoms with Crippen molar-refractivity contribution in [3.05, 3.63) is 22.2 Å². The maximum atomic E-state index is 10.5. The van der Waals surface area contributed by atoms with Crippen LogP contribution in [0.4, 0.5) is 5.69 Å². The highest BCUT2D eigenvalue weighted by atomic mass is 16.3. The fourth-order valence-electron chi connectivity index (χ4n) is 3.43. The summed E-state index contributed by atoms with van der Waals surface area (Å²) in [6, 6.07) is 2.07. The number of phenols is 1. The fourth-order valence-corrected chi connectivity index (χ4v) is 3.43. The second-order valence-corrected chi connectivity index (χ2v) is 5.84. The average Bonchev–Trinajstić information content (AvgIpc) is 3.11. The van der Waals surface area contributed by atoms with Crippen molar-refractivity contribution >= 4 is 17.5 Å². The lowest BCUT2D eigenvalue weighted by atomic mass is 10.0. The molecule has 0 radical (unpaired) electrons. The van der Waals surface area contributed by atoms with Gasteiger partial charge in [-0.15, -0.1) is 0 Å². The molecule has 4 heteroatoms. The highest BCUT2D eigenvalue weighted by Gasteiger charge is 2.19. The average molecular weight is 269 g/mol. The zero-order valence-electron chi connectivity index (χ0n) is 11.6. The monoisotopic (exact) mass is 269 g/mol. The van der Waals surface area contributed by atoms with Gasteiger partial charge in [0.25, 0.3) is 0 Å². The SMILES string of the molecule is Oc1c(CCN2CCCC2)cc2c3c1N=CC=3CCN=2. The first-order chi connectivity index (χ1) is 9.83. The molecular weight excluding hydrogens is 250 g/mol. The smallest absolute Gasteiger partial charge is 0.145 e. The number of likely N-dealkylation sites (tertiary alicyclic amines) is 1. The summed E-state index contributed by atoms with van der Waals surface area (Å²) >= 11 is 0. The van der Waals surface area contributed by atoms with E-state index < -0.39 is 0 Å². The minimum atomic E-state index is 0.367. The molecule has 0 spiro atoms. The summed E-state index contributed by atoms with van der Waals surface area (Å²) in [6.07, 6.45) is 6.33. The van der Waals surface area contributed by atoms with Crippen LogP contribution >= 0.6 is 0 Å². The summed E-state index contributed by atoms with van der Waals surface area (Å²) in [7, 11) is 0. The van der Waals surface area contributed by atoms with E-state index in [1.165, 1.54) is 31.5 Å². The molecule has 3 heterocycles. The van der Waals surface area contributed by atoms with Crippen molar-refractivity contribution < 1.29 is 5.11 Å². The summed E-state index contributed by atoms with van der Waals surface area (Å²) in [5, 5.41) is 12.5. The maximum absolute atomic E-state index is 10.5. The lowest BCUT2D eigenvalue weighted by Gasteiger charge is -2.15. The van der Waals surface area contributed by atoms with E-state index in [2.05, 4.69) is 21.0 Å². The molecular formula is C16H19N3O. The highest BCUT2D eigenvalue weighted by molar-refractivity contribution is 6.07. The van der Waals surface area contributed by atoms with Gasteiger partial charge in [0.15, 0.2) is 0 Å². The van der Waals surface area contributed by atoms with Crippen molar-refractivity contribution in [3.63, 3.8) is 0 Å². The van der Waals surface area contributed by atoms with Crippen molar-refractivity contribution in [2.24, 2.45) is 9.98 Å². The lowest BCUT2D eigenvalue weighted by Crippen LogP contribution is -2.31. The molecule has 0 amide bonds. The largest absolute Gasteiger partial charge is 0.505 e. The van der Waals surface area contributed by atoms with Crippen LogP contribution in [0.1, 0.15) is 24.8 Å². The van der Waals surface area contributed by atoms with E-state index in [1.54, 1.807) is 0 Å². The van der Waals surface area contributed by atoms with E-state index in [1.807, 2.05) is 6.21 Å². The molecule has 1 saturated heterocycles. The Bertz CT molecular complexity index is 699. The topological polar surface area (TPSA) is 48.2 Å². The van der Waals surface area contributed by atoms with Crippen LogP contribution in [0.2, 0.25) is 0 Å². The number of benzene rings is 1. The molecule has 3 aliphatic rings. The minimum Gasteiger partial charge on any atom is -0.505 e. The zero-order valence-corrected chi connectivity index (χ0v) is 11.6. The Hall–Kier alpha value is -1.68. The Morgan fingerprint density at radius 2 is 2.10 bits per heavy atom. The third-order valence-electron chi connectivity index (χ3n) is 4.56. The molecule has 1 N–H and O–H groups in total. The van der Waals surface area contributed by atoms with Gasteiger partial charge in [-0.1, -0.05) is 0 Å². The van der Waals surface area contributed by atoms with Gasteiger partial charge in [-0.3, -0.25) is 9.98 Å². The number of aromatic hydroxyl groups is 1. The molecule has 104 valence electrons. The Kier molecular flexibility index (Phi) is 2.84. The first-order valence-electron chi connectivity index (χ1n) is 7.52. The van der Waals surface area contributed by atoms with Crippen LogP contribution in [0.5, 0.6) is 5.75 Å². The molecule has 1 aromatic carbocycles. The van der Waals surface area contributed by atoms with Crippen LogP contribution in [0.3, 0.4) is 0 Å². The first-order valence-corrected chi connectivity index (χ1v) is 7.52. The molecule has 20 heavy (non-hydrogen) atoms. The van der Waals surface area contributed by atoms with Gasteiger partial charge in [0, 0.05) is 24.5 Å². The van der Waals surface area contributed by atoms with Crippen molar-refractivity contribution in [3.8, 4) is 5.75 Å². The van der Waals surface area contributed by atoms with Gasteiger partial charge in [-0.2, -0.15) is 0 Å². The van der Waals surface area contributed by atoms with Gasteiger partial charge in [0.1, 0.15) is 11.4 Å². The normalized spacial score (nSPS) is 20.3. The van der Waals surface area contributed by atoms with Crippen molar-refractivity contribution in [1.29, 1.82) is 0 Å². The van der Waals surface area contributed by atoms with Crippen LogP contribution in [-0.2, 0) is 6.42 Å². The molecule has 0 bridgehead atoms. The van der Waals surface area contributed by atoms with E-state index in [0.29, 0.717) is 5.75 Å². The second kappa shape index (κ2) is 4.70. The van der Waals surface area contributed by atoms with E-state index in [9.17, 15) is 5.11 Å². The van der Waals surface area contributed by atoms with E-state index in [0.717, 1.165) is 47.8 Å². The van der Waals surface area contributed by atoms with Crippen LogP contribution in [0.25, 0.3) is 5.57 Å². The van der Waals surface area contributed by atoms with Gasteiger partial charge >= 0.3 is 0 Å². The third-order valence-corrected chi connectivity index (χ3v) is 4.56. The zero-order chi connectivity index (χ0) is 13.5. The van der Waals surface area contributed by atoms with E-state index >= 15 is 0 Å². The van der Waals surface area contributed by atoms with Crippen LogP contribution in [0.15, 0.2) is 16.1 Å². The van der Waals surface area contributed by atoms with E-state index in [4.69, 9.17) is 0 Å². The molecule has 1 fully saturated rings. The Labute approximate surface area is 118 Å². The summed E-state index contributed by atoms with van der Waals surface area (Å²) < 4.78 is 0. The van der Waals surface area contributed by atoms with Crippen molar-refractivity contribution in [2.75, 3.05) is 26.2 Å². The summed E-state index contributed by atoms with van der Waals surface area (Å²) in [6.45, 7) is 4.24. The van der Waals surface area contributed by atoms with Gasteiger partial charge in [-0.25, -0.2) is 0 Å². The molecule has 4 nitrogen and oxygen atoms in total. The molecule has 1 aromatic rings. The maximum Gasteiger partial charge on any atom is 0.145 e. The Morgan fingerprint density at radius 3 is 2.95 bits per heavy atom. The van der Waals surface area contributed by atoms with Crippen LogP contribution in [0, 0.1) is 0 Å². The molecule has 4 rings (SSSR count). The molecule has 0 aliphatic carbocycles. The third kappa shape index (κ3) is 1.86. The van der Waals surface area contributed by atoms with Crippen LogP contribution in [-0.4, -0.2) is 42.4 Å². The number of rotatable bonds is 3. The molecule has 0 atom stereocenters. The van der Waals surface area contributed by atoms with Crippen molar-refractivity contribution in [2.45, 2.75) is 25.7 Å². The number of phenolic OH excluding ortho intramolecular Hbond substituents is 1. The number of nitrogens with zero attached hydrogens (tertiary/aromatic N) is 3. The van der Waals surface area contributed by atoms with Gasteiger partial charge in [-0.05, 0) is 56.0 Å². The van der Waals surface area contributed by atoms with Crippen LogP contribution < -0.4 is 10.6 Å². The molecule has 0 aromatic heterocycles. The second-order valence-electron chi connectivity index (χ2n) is 5.84. The Balaban J connectivity index is 1.70. The summed E-state index contributed by atoms with van der Waals surface area (Å²) in [4.78, 5) is 11.5. The molecule has 0 saturated carbocycles. The van der Waals surface area contributed by atoms with Crippen molar-refractivity contribution in [1.82, 2.24) is 4.90 Å². The number of hydrogen-bond acceptors (Lipinski definition) is 4. The predicted octanol–water partition coefficient (Wildman–Crippen LogP) is 0.920. The number of hydrogen-bond donors (Lipinski definition) is 1. The lowest BCUT2D eigenvalue weighted by molar-refractivity contribution is 0.341. The quantitative estimate of drug-likeness (QED) is 0.887. The highest BCUT2D eigenvalue weighted by Crippen LogP contribution is 2.29. The fraction of sp³-hybridized carbons (Fsp3) is 0.500. The predicted molar refractivity (Wildman–Crippen MR) is 79.3 cm³/mol. The molecule has 0 unspecified atom stereocenters.